The molecule has 3 rings (SSSR count). The molecule has 0 saturated carbocycles. The van der Waals surface area contributed by atoms with E-state index in [0.29, 0.717) is 0 Å². The van der Waals surface area contributed by atoms with Gasteiger partial charge >= 0.3 is 0 Å². The first-order valence-electron chi connectivity index (χ1n) is 9.57. The van der Waals surface area contributed by atoms with Gasteiger partial charge in [-0.2, -0.15) is 10.2 Å². The second kappa shape index (κ2) is 8.40. The van der Waals surface area contributed by atoms with Crippen molar-refractivity contribution in [1.82, 2.24) is 20.0 Å². The maximum absolute atomic E-state index is 9.60. The molecular weight excluding hydrogens is 348 g/mol. The summed E-state index contributed by atoms with van der Waals surface area (Å²) >= 11 is 0. The third-order valence-corrected chi connectivity index (χ3v) is 5.16. The molecule has 0 fully saturated rings. The Labute approximate surface area is 166 Å². The maximum Gasteiger partial charge on any atom is 0.103 e. The highest BCUT2D eigenvalue weighted by atomic mass is 16.3. The van der Waals surface area contributed by atoms with Crippen molar-refractivity contribution in [1.29, 1.82) is 0 Å². The molecule has 28 heavy (non-hydrogen) atoms. The van der Waals surface area contributed by atoms with Crippen LogP contribution < -0.4 is 0 Å². The zero-order valence-electron chi connectivity index (χ0n) is 17.2. The first kappa shape index (κ1) is 19.8. The lowest BCUT2D eigenvalue weighted by Crippen LogP contribution is -1.94. The second-order valence-electron chi connectivity index (χ2n) is 7.22. The fraction of sp³-hybridized carbons (Fsp3) is 0.304. The average molecular weight is 377 g/mol. The Morgan fingerprint density at radius 3 is 2.68 bits per heavy atom. The predicted octanol–water partition coefficient (Wildman–Crippen LogP) is 4.98. The van der Waals surface area contributed by atoms with E-state index in [2.05, 4.69) is 61.2 Å². The summed E-state index contributed by atoms with van der Waals surface area (Å²) in [6.45, 7) is 8.47. The van der Waals surface area contributed by atoms with Crippen LogP contribution in [0.15, 0.2) is 36.2 Å². The third kappa shape index (κ3) is 3.99. The molecule has 0 unspecified atom stereocenters. The Morgan fingerprint density at radius 2 is 2.04 bits per heavy atom. The minimum atomic E-state index is 0.0449. The van der Waals surface area contributed by atoms with Crippen LogP contribution in [0.1, 0.15) is 55.1 Å². The number of hydrogen-bond donors (Lipinski definition) is 2. The van der Waals surface area contributed by atoms with Gasteiger partial charge in [-0.25, -0.2) is 0 Å². The first-order chi connectivity index (χ1) is 13.4. The van der Waals surface area contributed by atoms with E-state index in [1.54, 1.807) is 4.68 Å². The topological polar surface area (TPSA) is 66.7 Å². The molecule has 0 bridgehead atoms. The summed E-state index contributed by atoms with van der Waals surface area (Å²) in [4.78, 5) is 0. The van der Waals surface area contributed by atoms with E-state index < -0.39 is 0 Å². The molecule has 3 aromatic rings. The normalized spacial score (nSPS) is 12.6. The van der Waals surface area contributed by atoms with Crippen LogP contribution in [-0.2, 0) is 13.7 Å². The second-order valence-corrected chi connectivity index (χ2v) is 7.22. The van der Waals surface area contributed by atoms with Crippen LogP contribution in [0.5, 0.6) is 0 Å². The van der Waals surface area contributed by atoms with Crippen molar-refractivity contribution in [2.75, 3.05) is 0 Å². The fourth-order valence-corrected chi connectivity index (χ4v) is 3.31. The van der Waals surface area contributed by atoms with Crippen molar-refractivity contribution < 1.29 is 5.11 Å². The van der Waals surface area contributed by atoms with Crippen molar-refractivity contribution in [3.8, 4) is 11.3 Å². The maximum atomic E-state index is 9.60. The molecule has 2 heterocycles. The van der Waals surface area contributed by atoms with Gasteiger partial charge in [0.2, 0.25) is 0 Å². The number of hydrogen-bond acceptors (Lipinski definition) is 3. The third-order valence-electron chi connectivity index (χ3n) is 5.16. The molecule has 1 aromatic carbocycles. The SMILES string of the molecule is CC/C(C)=C/c1[nH]nc(-c2cnn(C)c2)c1/C=C(\C)c1cccc(CO)c1C. The van der Waals surface area contributed by atoms with Crippen molar-refractivity contribution in [2.45, 2.75) is 40.7 Å². The van der Waals surface area contributed by atoms with Gasteiger partial charge in [0.1, 0.15) is 5.69 Å². The molecule has 146 valence electrons. The fourth-order valence-electron chi connectivity index (χ4n) is 3.31. The highest BCUT2D eigenvalue weighted by molar-refractivity contribution is 5.88. The minimum Gasteiger partial charge on any atom is -0.392 e. The lowest BCUT2D eigenvalue weighted by Gasteiger charge is -2.10. The molecule has 5 heteroatoms. The molecule has 0 spiro atoms. The molecule has 0 atom stereocenters. The van der Waals surface area contributed by atoms with E-state index in [4.69, 9.17) is 0 Å². The summed E-state index contributed by atoms with van der Waals surface area (Å²) in [5.74, 6) is 0. The van der Waals surface area contributed by atoms with Crippen molar-refractivity contribution in [3.05, 3.63) is 64.1 Å². The molecule has 2 N–H and O–H groups in total. The Balaban J connectivity index is 2.16. The van der Waals surface area contributed by atoms with E-state index >= 15 is 0 Å². The number of rotatable bonds is 6. The number of allylic oxidation sites excluding steroid dienone is 2. The highest BCUT2D eigenvalue weighted by Gasteiger charge is 2.15. The number of aromatic nitrogens is 4. The van der Waals surface area contributed by atoms with Gasteiger partial charge < -0.3 is 5.11 Å². The monoisotopic (exact) mass is 376 g/mol. The summed E-state index contributed by atoms with van der Waals surface area (Å²) in [6.07, 6.45) is 9.12. The molecule has 0 aliphatic rings. The number of aromatic amines is 1. The van der Waals surface area contributed by atoms with E-state index in [0.717, 1.165) is 51.2 Å². The predicted molar refractivity (Wildman–Crippen MR) is 115 cm³/mol. The lowest BCUT2D eigenvalue weighted by atomic mass is 9.95. The Morgan fingerprint density at radius 1 is 1.25 bits per heavy atom. The van der Waals surface area contributed by atoms with Crippen LogP contribution in [0.25, 0.3) is 29.0 Å². The molecule has 0 amide bonds. The summed E-state index contributed by atoms with van der Waals surface area (Å²) in [5, 5.41) is 21.7. The van der Waals surface area contributed by atoms with Gasteiger partial charge in [-0.3, -0.25) is 9.78 Å². The van der Waals surface area contributed by atoms with E-state index in [-0.39, 0.29) is 6.61 Å². The van der Waals surface area contributed by atoms with Crippen LogP contribution in [0.3, 0.4) is 0 Å². The number of aryl methyl sites for hydroxylation is 1. The van der Waals surface area contributed by atoms with Crippen molar-refractivity contribution in [2.24, 2.45) is 7.05 Å². The summed E-state index contributed by atoms with van der Waals surface area (Å²) in [7, 11) is 1.91. The number of H-pyrrole nitrogens is 1. The van der Waals surface area contributed by atoms with Crippen LogP contribution in [0.2, 0.25) is 0 Å². The Kier molecular flexibility index (Phi) is 5.95. The molecule has 0 aliphatic heterocycles. The van der Waals surface area contributed by atoms with Gasteiger partial charge in [0.05, 0.1) is 18.5 Å². The smallest absolute Gasteiger partial charge is 0.103 e. The Hall–Kier alpha value is -2.92. The lowest BCUT2D eigenvalue weighted by molar-refractivity contribution is 0.281. The number of benzene rings is 1. The number of nitrogens with one attached hydrogen (secondary N) is 1. The summed E-state index contributed by atoms with van der Waals surface area (Å²) in [6, 6.07) is 6.05. The van der Waals surface area contributed by atoms with Crippen LogP contribution in [0.4, 0.5) is 0 Å². The summed E-state index contributed by atoms with van der Waals surface area (Å²) in [5.41, 5.74) is 9.51. The van der Waals surface area contributed by atoms with Gasteiger partial charge in [-0.15, -0.1) is 0 Å². The van der Waals surface area contributed by atoms with Gasteiger partial charge in [-0.1, -0.05) is 30.7 Å². The van der Waals surface area contributed by atoms with Crippen LogP contribution in [-0.4, -0.2) is 25.1 Å². The van der Waals surface area contributed by atoms with E-state index in [9.17, 15) is 5.11 Å². The standard InChI is InChI=1S/C23H28N4O/c1-6-15(2)10-22-21(23(26-25-22)19-12-24-27(5)13-19)11-16(3)20-9-7-8-18(14-28)17(20)4/h7-13,28H,6,14H2,1-5H3,(H,25,26)/b15-10+,16-11+. The van der Waals surface area contributed by atoms with Crippen LogP contribution >= 0.6 is 0 Å². The molecule has 5 nitrogen and oxygen atoms in total. The zero-order valence-corrected chi connectivity index (χ0v) is 17.2. The number of nitrogens with zero attached hydrogens (tertiary/aromatic N) is 3. The molecular formula is C23H28N4O. The molecule has 0 saturated heterocycles. The van der Waals surface area contributed by atoms with Gasteiger partial charge in [0.15, 0.2) is 0 Å². The van der Waals surface area contributed by atoms with Gasteiger partial charge in [0.25, 0.3) is 0 Å². The van der Waals surface area contributed by atoms with E-state index in [1.807, 2.05) is 31.6 Å². The van der Waals surface area contributed by atoms with Gasteiger partial charge in [-0.05, 0) is 61.6 Å². The molecule has 0 radical (unpaired) electrons. The van der Waals surface area contributed by atoms with Crippen molar-refractivity contribution in [3.63, 3.8) is 0 Å². The Bertz CT molecular complexity index is 1040. The largest absolute Gasteiger partial charge is 0.392 e. The highest BCUT2D eigenvalue weighted by Crippen LogP contribution is 2.30. The quantitative estimate of drug-likeness (QED) is 0.637. The van der Waals surface area contributed by atoms with Gasteiger partial charge in [0, 0.05) is 24.4 Å². The summed E-state index contributed by atoms with van der Waals surface area (Å²) < 4.78 is 1.78. The average Bonchev–Trinajstić information content (AvgIpc) is 3.28. The molecule has 0 aliphatic carbocycles. The number of aliphatic hydroxyl groups is 1. The number of aliphatic hydroxyl groups excluding tert-OH is 1. The van der Waals surface area contributed by atoms with E-state index in [1.165, 1.54) is 5.57 Å². The van der Waals surface area contributed by atoms with Crippen molar-refractivity contribution >= 4 is 17.7 Å². The zero-order chi connectivity index (χ0) is 20.3. The van der Waals surface area contributed by atoms with Crippen LogP contribution in [0, 0.1) is 6.92 Å². The molecule has 2 aromatic heterocycles. The minimum absolute atomic E-state index is 0.0449. The first-order valence-corrected chi connectivity index (χ1v) is 9.57.